The summed E-state index contributed by atoms with van der Waals surface area (Å²) in [5, 5.41) is 0. The molecule has 1 aromatic rings. The maximum absolute atomic E-state index is 2.71. The molecule has 4 rings (SSSR count). The average molecular weight is 313 g/mol. The summed E-state index contributed by atoms with van der Waals surface area (Å²) in [6.07, 6.45) is 2.61. The summed E-state index contributed by atoms with van der Waals surface area (Å²) in [5.41, 5.74) is 5.01. The molecule has 2 saturated heterocycles. The van der Waals surface area contributed by atoms with E-state index in [-0.39, 0.29) is 0 Å². The van der Waals surface area contributed by atoms with Crippen LogP contribution in [0, 0.1) is 0 Å². The van der Waals surface area contributed by atoms with Gasteiger partial charge in [-0.2, -0.15) is 0 Å². The molecule has 0 amide bonds. The number of fused-ring (bicyclic) bond motifs is 1. The Hall–Kier alpha value is -0.900. The molecule has 0 atom stereocenters. The maximum Gasteiger partial charge on any atom is 0.0354 e. The van der Waals surface area contributed by atoms with E-state index >= 15 is 0 Å². The van der Waals surface area contributed by atoms with Crippen LogP contribution in [0.15, 0.2) is 18.2 Å². The van der Waals surface area contributed by atoms with Crippen LogP contribution in [0.4, 0.5) is 0 Å². The number of benzene rings is 1. The zero-order valence-corrected chi connectivity index (χ0v) is 15.0. The van der Waals surface area contributed by atoms with Crippen molar-refractivity contribution in [2.75, 3.05) is 32.7 Å². The zero-order valence-electron chi connectivity index (χ0n) is 15.0. The van der Waals surface area contributed by atoms with Gasteiger partial charge in [-0.05, 0) is 63.4 Å². The fraction of sp³-hybridized carbons (Fsp3) is 0.700. The largest absolute Gasteiger partial charge is 0.299 e. The van der Waals surface area contributed by atoms with E-state index in [1.165, 1.54) is 51.1 Å². The second-order valence-corrected chi connectivity index (χ2v) is 8.68. The Morgan fingerprint density at radius 1 is 1.04 bits per heavy atom. The standard InChI is InChI=1S/C20H31N3/c1-20(2,3)23-14-19(15-23)22-10-7-17-11-16(5-6-18(17)13-22)12-21-8-4-9-21/h5-6,11,19H,4,7-10,12-15H2,1-3H3. The minimum atomic E-state index is 0.329. The molecule has 126 valence electrons. The maximum atomic E-state index is 2.71. The van der Waals surface area contributed by atoms with Gasteiger partial charge in [0.25, 0.3) is 0 Å². The van der Waals surface area contributed by atoms with Gasteiger partial charge >= 0.3 is 0 Å². The van der Waals surface area contributed by atoms with E-state index in [0.717, 1.165) is 19.1 Å². The first-order chi connectivity index (χ1) is 11.0. The second kappa shape index (κ2) is 5.87. The number of nitrogens with zero attached hydrogens (tertiary/aromatic N) is 3. The van der Waals surface area contributed by atoms with Crippen LogP contribution in [-0.2, 0) is 19.5 Å². The summed E-state index contributed by atoms with van der Waals surface area (Å²) in [6, 6.07) is 8.01. The van der Waals surface area contributed by atoms with Crippen LogP contribution in [0.5, 0.6) is 0 Å². The molecular formula is C20H31N3. The lowest BCUT2D eigenvalue weighted by molar-refractivity contribution is -0.0272. The smallest absolute Gasteiger partial charge is 0.0354 e. The Kier molecular flexibility index (Phi) is 3.99. The van der Waals surface area contributed by atoms with E-state index in [9.17, 15) is 0 Å². The molecule has 1 aromatic carbocycles. The van der Waals surface area contributed by atoms with Gasteiger partial charge in [-0.25, -0.2) is 0 Å². The molecule has 3 aliphatic heterocycles. The fourth-order valence-electron chi connectivity index (χ4n) is 4.07. The van der Waals surface area contributed by atoms with E-state index in [2.05, 4.69) is 53.7 Å². The van der Waals surface area contributed by atoms with Crippen molar-refractivity contribution in [2.24, 2.45) is 0 Å². The van der Waals surface area contributed by atoms with Gasteiger partial charge in [0.15, 0.2) is 0 Å². The van der Waals surface area contributed by atoms with Gasteiger partial charge in [-0.1, -0.05) is 18.2 Å². The molecule has 0 unspecified atom stereocenters. The van der Waals surface area contributed by atoms with Crippen LogP contribution in [0.2, 0.25) is 0 Å². The van der Waals surface area contributed by atoms with Crippen molar-refractivity contribution in [3.05, 3.63) is 34.9 Å². The fourth-order valence-corrected chi connectivity index (χ4v) is 4.07. The Balaban J connectivity index is 1.36. The lowest BCUT2D eigenvalue weighted by atomic mass is 9.92. The van der Waals surface area contributed by atoms with Crippen LogP contribution in [-0.4, -0.2) is 59.0 Å². The quantitative estimate of drug-likeness (QED) is 0.849. The molecule has 2 fully saturated rings. The lowest BCUT2D eigenvalue weighted by Gasteiger charge is -2.52. The average Bonchev–Trinajstić information content (AvgIpc) is 2.39. The first-order valence-electron chi connectivity index (χ1n) is 9.31. The Morgan fingerprint density at radius 3 is 2.48 bits per heavy atom. The van der Waals surface area contributed by atoms with Crippen molar-refractivity contribution in [3.63, 3.8) is 0 Å². The predicted octanol–water partition coefficient (Wildman–Crippen LogP) is 2.73. The van der Waals surface area contributed by atoms with Crippen molar-refractivity contribution < 1.29 is 0 Å². The highest BCUT2D eigenvalue weighted by Crippen LogP contribution is 2.29. The first-order valence-corrected chi connectivity index (χ1v) is 9.31. The summed E-state index contributed by atoms with van der Waals surface area (Å²) < 4.78 is 0. The Labute approximate surface area is 141 Å². The van der Waals surface area contributed by atoms with Gasteiger partial charge in [-0.3, -0.25) is 14.7 Å². The summed E-state index contributed by atoms with van der Waals surface area (Å²) in [6.45, 7) is 15.6. The van der Waals surface area contributed by atoms with Crippen LogP contribution in [0.3, 0.4) is 0 Å². The molecule has 3 nitrogen and oxygen atoms in total. The highest BCUT2D eigenvalue weighted by atomic mass is 15.3. The highest BCUT2D eigenvalue weighted by Gasteiger charge is 2.38. The first kappa shape index (κ1) is 15.6. The molecule has 0 N–H and O–H groups in total. The SMILES string of the molecule is CC(C)(C)N1CC(N2CCc3cc(CN4CCC4)ccc3C2)C1. The van der Waals surface area contributed by atoms with E-state index in [4.69, 9.17) is 0 Å². The summed E-state index contributed by atoms with van der Waals surface area (Å²) in [7, 11) is 0. The van der Waals surface area contributed by atoms with Crippen LogP contribution in [0.25, 0.3) is 0 Å². The third kappa shape index (κ3) is 3.19. The van der Waals surface area contributed by atoms with E-state index in [0.29, 0.717) is 5.54 Å². The molecule has 0 bridgehead atoms. The third-order valence-electron chi connectivity index (χ3n) is 5.99. The molecule has 0 aliphatic carbocycles. The van der Waals surface area contributed by atoms with Gasteiger partial charge in [0.2, 0.25) is 0 Å². The topological polar surface area (TPSA) is 9.72 Å². The minimum absolute atomic E-state index is 0.329. The molecule has 0 saturated carbocycles. The molecule has 3 heteroatoms. The van der Waals surface area contributed by atoms with E-state index in [1.54, 1.807) is 11.1 Å². The minimum Gasteiger partial charge on any atom is -0.299 e. The van der Waals surface area contributed by atoms with Crippen molar-refractivity contribution in [3.8, 4) is 0 Å². The second-order valence-electron chi connectivity index (χ2n) is 8.68. The number of hydrogen-bond acceptors (Lipinski definition) is 3. The van der Waals surface area contributed by atoms with Gasteiger partial charge in [0, 0.05) is 44.3 Å². The third-order valence-corrected chi connectivity index (χ3v) is 5.99. The van der Waals surface area contributed by atoms with Gasteiger partial charge in [0.05, 0.1) is 0 Å². The van der Waals surface area contributed by atoms with Crippen LogP contribution < -0.4 is 0 Å². The van der Waals surface area contributed by atoms with Crippen molar-refractivity contribution in [1.82, 2.24) is 14.7 Å². The number of likely N-dealkylation sites (tertiary alicyclic amines) is 2. The van der Waals surface area contributed by atoms with Gasteiger partial charge in [0.1, 0.15) is 0 Å². The van der Waals surface area contributed by atoms with Crippen LogP contribution >= 0.6 is 0 Å². The molecule has 3 heterocycles. The number of hydrogen-bond donors (Lipinski definition) is 0. The summed E-state index contributed by atoms with van der Waals surface area (Å²) in [4.78, 5) is 7.86. The Bertz CT molecular complexity index is 565. The van der Waals surface area contributed by atoms with Crippen molar-refractivity contribution >= 4 is 0 Å². The molecule has 23 heavy (non-hydrogen) atoms. The lowest BCUT2D eigenvalue weighted by Crippen LogP contribution is -2.64. The normalized spacial score (nSPS) is 24.1. The number of rotatable bonds is 3. The summed E-state index contributed by atoms with van der Waals surface area (Å²) in [5.74, 6) is 0. The van der Waals surface area contributed by atoms with Gasteiger partial charge < -0.3 is 0 Å². The van der Waals surface area contributed by atoms with E-state index in [1.807, 2.05) is 0 Å². The predicted molar refractivity (Wildman–Crippen MR) is 95.6 cm³/mol. The molecular weight excluding hydrogens is 282 g/mol. The highest BCUT2D eigenvalue weighted by molar-refractivity contribution is 5.34. The van der Waals surface area contributed by atoms with Gasteiger partial charge in [-0.15, -0.1) is 0 Å². The van der Waals surface area contributed by atoms with Crippen molar-refractivity contribution in [1.29, 1.82) is 0 Å². The van der Waals surface area contributed by atoms with E-state index < -0.39 is 0 Å². The molecule has 0 spiro atoms. The molecule has 0 aromatic heterocycles. The zero-order chi connectivity index (χ0) is 16.0. The monoisotopic (exact) mass is 313 g/mol. The summed E-state index contributed by atoms with van der Waals surface area (Å²) >= 11 is 0. The molecule has 3 aliphatic rings. The Morgan fingerprint density at radius 2 is 1.83 bits per heavy atom. The van der Waals surface area contributed by atoms with Crippen LogP contribution in [0.1, 0.15) is 43.9 Å². The molecule has 0 radical (unpaired) electrons. The van der Waals surface area contributed by atoms with Crippen molar-refractivity contribution in [2.45, 2.75) is 58.3 Å².